The van der Waals surface area contributed by atoms with Crippen LogP contribution in [-0.2, 0) is 16.0 Å². The van der Waals surface area contributed by atoms with Gasteiger partial charge in [-0.2, -0.15) is 5.10 Å². The van der Waals surface area contributed by atoms with Gasteiger partial charge in [0, 0.05) is 13.7 Å². The van der Waals surface area contributed by atoms with E-state index in [2.05, 4.69) is 33.3 Å². The number of hydrogen-bond acceptors (Lipinski definition) is 4. The Morgan fingerprint density at radius 3 is 2.89 bits per heavy atom. The summed E-state index contributed by atoms with van der Waals surface area (Å²) in [6.45, 7) is 4.91. The number of rotatable bonds is 9. The first kappa shape index (κ1) is 15.6. The van der Waals surface area contributed by atoms with E-state index >= 15 is 0 Å². The Kier molecular flexibility index (Phi) is 7.50. The third kappa shape index (κ3) is 4.35. The molecule has 1 unspecified atom stereocenters. The van der Waals surface area contributed by atoms with Crippen molar-refractivity contribution in [3.63, 3.8) is 0 Å². The summed E-state index contributed by atoms with van der Waals surface area (Å²) in [6.07, 6.45) is 2.84. The maximum Gasteiger partial charge on any atom is 0.0738 e. The average molecular weight is 320 g/mol. The fraction of sp³-hybridized carbons (Fsp3) is 0.750. The third-order valence-corrected chi connectivity index (χ3v) is 3.26. The zero-order chi connectivity index (χ0) is 13.4. The molecule has 6 heteroatoms. The Morgan fingerprint density at radius 2 is 2.28 bits per heavy atom. The number of hydrogen-bond donors (Lipinski definition) is 1. The van der Waals surface area contributed by atoms with E-state index in [9.17, 15) is 0 Å². The van der Waals surface area contributed by atoms with Crippen molar-refractivity contribution >= 4 is 15.9 Å². The third-order valence-electron chi connectivity index (χ3n) is 2.65. The second-order valence-corrected chi connectivity index (χ2v) is 4.86. The highest BCUT2D eigenvalue weighted by Gasteiger charge is 2.18. The highest BCUT2D eigenvalue weighted by Crippen LogP contribution is 2.23. The molecule has 0 aliphatic rings. The predicted molar refractivity (Wildman–Crippen MR) is 74.7 cm³/mol. The minimum absolute atomic E-state index is 0.130. The molecular formula is C12H22BrN3O2. The molecule has 1 atom stereocenters. The second-order valence-electron chi connectivity index (χ2n) is 4.01. The van der Waals surface area contributed by atoms with Crippen LogP contribution < -0.4 is 5.32 Å². The first-order chi connectivity index (χ1) is 8.74. The van der Waals surface area contributed by atoms with Crippen LogP contribution in [-0.4, -0.2) is 43.8 Å². The SMILES string of the molecule is CCCOCC(NC)c1c(Br)cnn1CCOC. The molecule has 1 heterocycles. The minimum atomic E-state index is 0.130. The van der Waals surface area contributed by atoms with Crippen molar-refractivity contribution in [2.75, 3.05) is 34.0 Å². The van der Waals surface area contributed by atoms with Gasteiger partial charge in [-0.3, -0.25) is 4.68 Å². The van der Waals surface area contributed by atoms with Crippen molar-refractivity contribution in [3.05, 3.63) is 16.4 Å². The summed E-state index contributed by atoms with van der Waals surface area (Å²) in [5, 5.41) is 7.61. The number of methoxy groups -OCH3 is 1. The lowest BCUT2D eigenvalue weighted by Gasteiger charge is -2.18. The maximum absolute atomic E-state index is 5.62. The van der Waals surface area contributed by atoms with Crippen molar-refractivity contribution in [1.29, 1.82) is 0 Å². The molecule has 1 rings (SSSR count). The number of nitrogens with zero attached hydrogens (tertiary/aromatic N) is 2. The number of aromatic nitrogens is 2. The molecule has 0 aliphatic heterocycles. The molecule has 0 saturated heterocycles. The molecule has 1 aromatic heterocycles. The van der Waals surface area contributed by atoms with Gasteiger partial charge in [0.15, 0.2) is 0 Å². The van der Waals surface area contributed by atoms with Crippen LogP contribution in [0.2, 0.25) is 0 Å². The first-order valence-electron chi connectivity index (χ1n) is 6.19. The van der Waals surface area contributed by atoms with Crippen LogP contribution in [0.4, 0.5) is 0 Å². The predicted octanol–water partition coefficient (Wildman–Crippen LogP) is 1.98. The Labute approximate surface area is 117 Å². The van der Waals surface area contributed by atoms with Crippen LogP contribution in [0.5, 0.6) is 0 Å². The molecule has 5 nitrogen and oxygen atoms in total. The normalized spacial score (nSPS) is 12.9. The molecule has 0 spiro atoms. The summed E-state index contributed by atoms with van der Waals surface area (Å²) < 4.78 is 13.7. The van der Waals surface area contributed by atoms with Crippen LogP contribution >= 0.6 is 15.9 Å². The van der Waals surface area contributed by atoms with E-state index in [1.807, 2.05) is 17.9 Å². The molecule has 18 heavy (non-hydrogen) atoms. The highest BCUT2D eigenvalue weighted by molar-refractivity contribution is 9.10. The van der Waals surface area contributed by atoms with Gasteiger partial charge in [0.2, 0.25) is 0 Å². The summed E-state index contributed by atoms with van der Waals surface area (Å²) in [5.41, 5.74) is 1.10. The fourth-order valence-electron chi connectivity index (χ4n) is 1.72. The van der Waals surface area contributed by atoms with Crippen LogP contribution in [0.25, 0.3) is 0 Å². The van der Waals surface area contributed by atoms with Gasteiger partial charge in [0.05, 0.1) is 42.2 Å². The standard InChI is InChI=1S/C12H22BrN3O2/c1-4-6-18-9-11(14-2)12-10(13)8-15-16(12)5-7-17-3/h8,11,14H,4-7,9H2,1-3H3. The van der Waals surface area contributed by atoms with Gasteiger partial charge >= 0.3 is 0 Å². The van der Waals surface area contributed by atoms with E-state index in [4.69, 9.17) is 9.47 Å². The Morgan fingerprint density at radius 1 is 1.50 bits per heavy atom. The molecule has 0 bridgehead atoms. The molecule has 0 aromatic carbocycles. The summed E-state index contributed by atoms with van der Waals surface area (Å²) in [4.78, 5) is 0. The van der Waals surface area contributed by atoms with Gasteiger partial charge < -0.3 is 14.8 Å². The second kappa shape index (κ2) is 8.63. The summed E-state index contributed by atoms with van der Waals surface area (Å²) in [5.74, 6) is 0. The Balaban J connectivity index is 2.73. The van der Waals surface area contributed by atoms with Gasteiger partial charge in [0.25, 0.3) is 0 Å². The van der Waals surface area contributed by atoms with Gasteiger partial charge in [-0.05, 0) is 29.4 Å². The van der Waals surface area contributed by atoms with Crippen molar-refractivity contribution < 1.29 is 9.47 Å². The quantitative estimate of drug-likeness (QED) is 0.707. The molecular weight excluding hydrogens is 298 g/mol. The molecule has 104 valence electrons. The van der Waals surface area contributed by atoms with E-state index in [0.29, 0.717) is 13.2 Å². The molecule has 1 N–H and O–H groups in total. The van der Waals surface area contributed by atoms with Crippen LogP contribution in [0.3, 0.4) is 0 Å². The van der Waals surface area contributed by atoms with Crippen LogP contribution in [0, 0.1) is 0 Å². The van der Waals surface area contributed by atoms with E-state index in [1.165, 1.54) is 0 Å². The minimum Gasteiger partial charge on any atom is -0.383 e. The number of ether oxygens (including phenoxy) is 2. The number of halogens is 1. The summed E-state index contributed by atoms with van der Waals surface area (Å²) >= 11 is 3.54. The molecule has 1 aromatic rings. The molecule has 0 amide bonds. The van der Waals surface area contributed by atoms with Crippen LogP contribution in [0.15, 0.2) is 10.7 Å². The van der Waals surface area contributed by atoms with E-state index in [0.717, 1.165) is 29.7 Å². The number of likely N-dealkylation sites (N-methyl/N-ethyl adjacent to an activating group) is 1. The van der Waals surface area contributed by atoms with Gasteiger partial charge in [0.1, 0.15) is 0 Å². The smallest absolute Gasteiger partial charge is 0.0738 e. The van der Waals surface area contributed by atoms with Gasteiger partial charge in [-0.25, -0.2) is 0 Å². The lowest BCUT2D eigenvalue weighted by molar-refractivity contribution is 0.110. The highest BCUT2D eigenvalue weighted by atomic mass is 79.9. The summed E-state index contributed by atoms with van der Waals surface area (Å²) in [7, 11) is 3.62. The zero-order valence-corrected chi connectivity index (χ0v) is 12.9. The molecule has 0 radical (unpaired) electrons. The van der Waals surface area contributed by atoms with Gasteiger partial charge in [-0.15, -0.1) is 0 Å². The van der Waals surface area contributed by atoms with Gasteiger partial charge in [-0.1, -0.05) is 6.92 Å². The average Bonchev–Trinajstić information content (AvgIpc) is 2.74. The van der Waals surface area contributed by atoms with Crippen molar-refractivity contribution in [3.8, 4) is 0 Å². The Hall–Kier alpha value is -0.430. The topological polar surface area (TPSA) is 48.3 Å². The molecule has 0 aliphatic carbocycles. The monoisotopic (exact) mass is 319 g/mol. The zero-order valence-electron chi connectivity index (χ0n) is 11.3. The largest absolute Gasteiger partial charge is 0.383 e. The molecule has 0 fully saturated rings. The van der Waals surface area contributed by atoms with Crippen LogP contribution in [0.1, 0.15) is 25.1 Å². The number of nitrogens with one attached hydrogen (secondary N) is 1. The lowest BCUT2D eigenvalue weighted by Crippen LogP contribution is -2.26. The maximum atomic E-state index is 5.62. The fourth-order valence-corrected chi connectivity index (χ4v) is 2.29. The lowest BCUT2D eigenvalue weighted by atomic mass is 10.2. The molecule has 0 saturated carbocycles. The van der Waals surface area contributed by atoms with E-state index in [-0.39, 0.29) is 6.04 Å². The summed E-state index contributed by atoms with van der Waals surface area (Å²) in [6, 6.07) is 0.130. The first-order valence-corrected chi connectivity index (χ1v) is 6.99. The van der Waals surface area contributed by atoms with E-state index < -0.39 is 0 Å². The Bertz CT molecular complexity index is 344. The van der Waals surface area contributed by atoms with E-state index in [1.54, 1.807) is 7.11 Å². The van der Waals surface area contributed by atoms with Crippen molar-refractivity contribution in [2.24, 2.45) is 0 Å². The van der Waals surface area contributed by atoms with Crippen molar-refractivity contribution in [1.82, 2.24) is 15.1 Å². The van der Waals surface area contributed by atoms with Crippen molar-refractivity contribution in [2.45, 2.75) is 25.9 Å².